The van der Waals surface area contributed by atoms with E-state index in [1.54, 1.807) is 0 Å². The van der Waals surface area contributed by atoms with E-state index in [1.165, 1.54) is 5.57 Å². The molecule has 2 saturated carbocycles. The van der Waals surface area contributed by atoms with Crippen LogP contribution in [0.2, 0.25) is 0 Å². The van der Waals surface area contributed by atoms with E-state index in [4.69, 9.17) is 0 Å². The standard InChI is InChI=1S/C19H28O3/c1-17(12-20)10-7-14-13(11-17)5-6-15-18(14,2)8-4-9-19(15,3)16(21)22/h7,12-13,15H,4-6,8-11H2,1-3H3,(H,21,22)/t13-,15-,17-,18-,19+/m0/s1. The molecule has 0 aromatic rings. The van der Waals surface area contributed by atoms with Crippen molar-refractivity contribution in [1.82, 2.24) is 0 Å². The molecule has 0 spiro atoms. The van der Waals surface area contributed by atoms with Crippen LogP contribution in [0.3, 0.4) is 0 Å². The molecule has 0 radical (unpaired) electrons. The minimum atomic E-state index is -0.629. The monoisotopic (exact) mass is 304 g/mol. The second kappa shape index (κ2) is 4.94. The lowest BCUT2D eigenvalue weighted by atomic mass is 9.46. The van der Waals surface area contributed by atoms with Crippen molar-refractivity contribution < 1.29 is 14.7 Å². The molecule has 2 fully saturated rings. The van der Waals surface area contributed by atoms with Crippen LogP contribution in [0, 0.1) is 28.1 Å². The van der Waals surface area contributed by atoms with E-state index >= 15 is 0 Å². The summed E-state index contributed by atoms with van der Waals surface area (Å²) < 4.78 is 0. The van der Waals surface area contributed by atoms with E-state index in [9.17, 15) is 14.7 Å². The third kappa shape index (κ3) is 2.08. The van der Waals surface area contributed by atoms with Gasteiger partial charge >= 0.3 is 5.97 Å². The molecular weight excluding hydrogens is 276 g/mol. The van der Waals surface area contributed by atoms with Gasteiger partial charge in [0, 0.05) is 5.41 Å². The Morgan fingerprint density at radius 1 is 1.27 bits per heavy atom. The Morgan fingerprint density at radius 2 is 2.00 bits per heavy atom. The Kier molecular flexibility index (Phi) is 3.54. The highest BCUT2D eigenvalue weighted by atomic mass is 16.4. The predicted octanol–water partition coefficient (Wildman–Crippen LogP) is 4.22. The maximum absolute atomic E-state index is 11.9. The number of hydrogen-bond donors (Lipinski definition) is 1. The van der Waals surface area contributed by atoms with Crippen LogP contribution in [0.15, 0.2) is 11.6 Å². The molecule has 0 amide bonds. The van der Waals surface area contributed by atoms with Crippen molar-refractivity contribution in [1.29, 1.82) is 0 Å². The summed E-state index contributed by atoms with van der Waals surface area (Å²) in [6.07, 6.45) is 10.1. The average molecular weight is 304 g/mol. The zero-order valence-electron chi connectivity index (χ0n) is 14.0. The summed E-state index contributed by atoms with van der Waals surface area (Å²) in [5.74, 6) is 0.0756. The number of allylic oxidation sites excluding steroid dienone is 2. The van der Waals surface area contributed by atoms with E-state index in [1.807, 2.05) is 6.92 Å². The van der Waals surface area contributed by atoms with Gasteiger partial charge in [-0.1, -0.05) is 31.9 Å². The van der Waals surface area contributed by atoms with Crippen molar-refractivity contribution >= 4 is 12.3 Å². The number of carboxylic acid groups (broad SMARTS) is 1. The van der Waals surface area contributed by atoms with Crippen molar-refractivity contribution in [3.05, 3.63) is 11.6 Å². The first-order valence-electron chi connectivity index (χ1n) is 8.65. The first-order chi connectivity index (χ1) is 10.3. The fraction of sp³-hybridized carbons (Fsp3) is 0.789. The van der Waals surface area contributed by atoms with Crippen LogP contribution >= 0.6 is 0 Å². The molecule has 3 heteroatoms. The Labute approximate surface area is 133 Å². The molecule has 0 aliphatic heterocycles. The highest BCUT2D eigenvalue weighted by Gasteiger charge is 2.57. The second-order valence-electron chi connectivity index (χ2n) is 8.66. The molecule has 3 aliphatic rings. The molecule has 0 aromatic carbocycles. The van der Waals surface area contributed by atoms with E-state index in [2.05, 4.69) is 19.9 Å². The van der Waals surface area contributed by atoms with Gasteiger partial charge in [0.1, 0.15) is 6.29 Å². The minimum absolute atomic E-state index is 0.0124. The minimum Gasteiger partial charge on any atom is -0.481 e. The van der Waals surface area contributed by atoms with Crippen molar-refractivity contribution in [2.24, 2.45) is 28.1 Å². The molecule has 3 rings (SSSR count). The number of carboxylic acids is 1. The first-order valence-corrected chi connectivity index (χ1v) is 8.65. The fourth-order valence-electron chi connectivity index (χ4n) is 5.80. The zero-order chi connectivity index (χ0) is 16.2. The molecule has 0 unspecified atom stereocenters. The highest BCUT2D eigenvalue weighted by molar-refractivity contribution is 5.75. The lowest BCUT2D eigenvalue weighted by Gasteiger charge is -2.57. The van der Waals surface area contributed by atoms with Gasteiger partial charge in [0.05, 0.1) is 5.41 Å². The van der Waals surface area contributed by atoms with Gasteiger partial charge in [-0.3, -0.25) is 4.79 Å². The van der Waals surface area contributed by atoms with Crippen LogP contribution in [0.4, 0.5) is 0 Å². The van der Waals surface area contributed by atoms with Crippen molar-refractivity contribution in [3.63, 3.8) is 0 Å². The lowest BCUT2D eigenvalue weighted by molar-refractivity contribution is -0.160. The van der Waals surface area contributed by atoms with Crippen LogP contribution in [0.5, 0.6) is 0 Å². The highest BCUT2D eigenvalue weighted by Crippen LogP contribution is 2.63. The first kappa shape index (κ1) is 15.8. The molecule has 0 bridgehead atoms. The molecule has 122 valence electrons. The largest absolute Gasteiger partial charge is 0.481 e. The average Bonchev–Trinajstić information content (AvgIpc) is 2.46. The molecule has 0 heterocycles. The summed E-state index contributed by atoms with van der Waals surface area (Å²) in [4.78, 5) is 23.3. The number of aldehydes is 1. The predicted molar refractivity (Wildman–Crippen MR) is 85.4 cm³/mol. The summed E-state index contributed by atoms with van der Waals surface area (Å²) >= 11 is 0. The molecule has 0 saturated heterocycles. The van der Waals surface area contributed by atoms with Gasteiger partial charge < -0.3 is 9.90 Å². The number of rotatable bonds is 2. The van der Waals surface area contributed by atoms with E-state index in [-0.39, 0.29) is 16.7 Å². The number of fused-ring (bicyclic) bond motifs is 3. The lowest BCUT2D eigenvalue weighted by Crippen LogP contribution is -2.52. The Hall–Kier alpha value is -1.12. The summed E-state index contributed by atoms with van der Waals surface area (Å²) in [5, 5.41) is 9.80. The Morgan fingerprint density at radius 3 is 2.64 bits per heavy atom. The van der Waals surface area contributed by atoms with Crippen LogP contribution in [0.25, 0.3) is 0 Å². The van der Waals surface area contributed by atoms with Crippen molar-refractivity contribution in [2.45, 2.75) is 65.7 Å². The molecule has 22 heavy (non-hydrogen) atoms. The van der Waals surface area contributed by atoms with Crippen molar-refractivity contribution in [2.75, 3.05) is 0 Å². The van der Waals surface area contributed by atoms with Crippen LogP contribution in [-0.4, -0.2) is 17.4 Å². The Bertz CT molecular complexity index is 537. The van der Waals surface area contributed by atoms with Gasteiger partial charge in [-0.2, -0.15) is 0 Å². The van der Waals surface area contributed by atoms with Crippen LogP contribution in [0.1, 0.15) is 65.7 Å². The van der Waals surface area contributed by atoms with E-state index < -0.39 is 11.4 Å². The van der Waals surface area contributed by atoms with Crippen molar-refractivity contribution in [3.8, 4) is 0 Å². The maximum atomic E-state index is 11.9. The summed E-state index contributed by atoms with van der Waals surface area (Å²) in [5.41, 5.74) is 0.667. The fourth-order valence-corrected chi connectivity index (χ4v) is 5.80. The van der Waals surface area contributed by atoms with E-state index in [0.717, 1.165) is 51.2 Å². The zero-order valence-corrected chi connectivity index (χ0v) is 14.0. The van der Waals surface area contributed by atoms with E-state index in [0.29, 0.717) is 5.92 Å². The summed E-state index contributed by atoms with van der Waals surface area (Å²) in [7, 11) is 0. The SMILES string of the molecule is C[C@]1(C=O)CC=C2[C@@H](CC[C@@H]3[C@](C)(C(=O)O)CCC[C@@]23C)C1. The molecular formula is C19H28O3. The van der Waals surface area contributed by atoms with Crippen LogP contribution < -0.4 is 0 Å². The van der Waals surface area contributed by atoms with Gasteiger partial charge in [0.15, 0.2) is 0 Å². The second-order valence-corrected chi connectivity index (χ2v) is 8.66. The molecule has 0 aromatic heterocycles. The molecule has 3 aliphatic carbocycles. The quantitative estimate of drug-likeness (QED) is 0.614. The van der Waals surface area contributed by atoms with Gasteiger partial charge in [-0.05, 0) is 62.7 Å². The maximum Gasteiger partial charge on any atom is 0.309 e. The summed E-state index contributed by atoms with van der Waals surface area (Å²) in [6, 6.07) is 0. The summed E-state index contributed by atoms with van der Waals surface area (Å²) in [6.45, 7) is 6.31. The topological polar surface area (TPSA) is 54.4 Å². The van der Waals surface area contributed by atoms with Gasteiger partial charge in [-0.15, -0.1) is 0 Å². The smallest absolute Gasteiger partial charge is 0.309 e. The number of hydrogen-bond acceptors (Lipinski definition) is 2. The Balaban J connectivity index is 1.99. The van der Waals surface area contributed by atoms with Gasteiger partial charge in [-0.25, -0.2) is 0 Å². The number of carbonyl (C=O) groups is 2. The normalized spacial score (nSPS) is 47.9. The molecule has 1 N–H and O–H groups in total. The molecule has 5 atom stereocenters. The molecule has 3 nitrogen and oxygen atoms in total. The van der Waals surface area contributed by atoms with Crippen LogP contribution in [-0.2, 0) is 9.59 Å². The van der Waals surface area contributed by atoms with Gasteiger partial charge in [0.2, 0.25) is 0 Å². The third-order valence-electron chi connectivity index (χ3n) is 7.11. The van der Waals surface area contributed by atoms with Gasteiger partial charge in [0.25, 0.3) is 0 Å². The third-order valence-corrected chi connectivity index (χ3v) is 7.11. The number of aliphatic carboxylic acids is 1. The number of carbonyl (C=O) groups excluding carboxylic acids is 1.